The highest BCUT2D eigenvalue weighted by Gasteiger charge is 2.16. The summed E-state index contributed by atoms with van der Waals surface area (Å²) in [6.45, 7) is 5.44. The second kappa shape index (κ2) is 8.19. The molecule has 0 bridgehead atoms. The third kappa shape index (κ3) is 5.73. The molecule has 0 radical (unpaired) electrons. The van der Waals surface area contributed by atoms with E-state index in [-0.39, 0.29) is 18.5 Å². The lowest BCUT2D eigenvalue weighted by Gasteiger charge is -2.26. The number of aliphatic carboxylic acids is 1. The Kier molecular flexibility index (Phi) is 6.55. The van der Waals surface area contributed by atoms with Crippen LogP contribution in [0.1, 0.15) is 26.7 Å². The van der Waals surface area contributed by atoms with Gasteiger partial charge in [-0.15, -0.1) is 0 Å². The van der Waals surface area contributed by atoms with Gasteiger partial charge in [0.05, 0.1) is 6.33 Å². The van der Waals surface area contributed by atoms with Gasteiger partial charge in [-0.05, 0) is 20.3 Å². The minimum Gasteiger partial charge on any atom is -0.481 e. The topological polar surface area (TPSA) is 87.5 Å². The second-order valence-corrected chi connectivity index (χ2v) is 4.82. The monoisotopic (exact) mass is 282 g/mol. The van der Waals surface area contributed by atoms with Crippen LogP contribution in [0, 0.1) is 0 Å². The SMILES string of the molecule is CC(C)N(CCCC(=O)O)C(=O)NCCn1ccnc1. The summed E-state index contributed by atoms with van der Waals surface area (Å²) in [5, 5.41) is 11.5. The predicted molar refractivity (Wildman–Crippen MR) is 74.3 cm³/mol. The summed E-state index contributed by atoms with van der Waals surface area (Å²) in [6.07, 6.45) is 5.75. The van der Waals surface area contributed by atoms with Crippen LogP contribution in [0.3, 0.4) is 0 Å². The van der Waals surface area contributed by atoms with E-state index in [1.165, 1.54) is 0 Å². The Labute approximate surface area is 118 Å². The molecule has 0 aliphatic heterocycles. The highest BCUT2D eigenvalue weighted by atomic mass is 16.4. The number of imidazole rings is 1. The highest BCUT2D eigenvalue weighted by Crippen LogP contribution is 2.02. The van der Waals surface area contributed by atoms with Gasteiger partial charge in [-0.1, -0.05) is 0 Å². The van der Waals surface area contributed by atoms with Gasteiger partial charge in [-0.3, -0.25) is 4.79 Å². The van der Waals surface area contributed by atoms with Crippen molar-refractivity contribution in [3.8, 4) is 0 Å². The van der Waals surface area contributed by atoms with E-state index in [0.717, 1.165) is 0 Å². The molecule has 0 saturated heterocycles. The number of aromatic nitrogens is 2. The van der Waals surface area contributed by atoms with E-state index in [2.05, 4.69) is 10.3 Å². The Hall–Kier alpha value is -2.05. The maximum atomic E-state index is 12.0. The first-order valence-corrected chi connectivity index (χ1v) is 6.72. The van der Waals surface area contributed by atoms with Crippen LogP contribution >= 0.6 is 0 Å². The van der Waals surface area contributed by atoms with E-state index >= 15 is 0 Å². The molecule has 112 valence electrons. The second-order valence-electron chi connectivity index (χ2n) is 4.82. The normalized spacial score (nSPS) is 10.6. The summed E-state index contributed by atoms with van der Waals surface area (Å²) in [6, 6.07) is -0.123. The van der Waals surface area contributed by atoms with Crippen LogP contribution in [-0.2, 0) is 11.3 Å². The fourth-order valence-corrected chi connectivity index (χ4v) is 1.81. The number of hydrogen-bond donors (Lipinski definition) is 2. The summed E-state index contributed by atoms with van der Waals surface area (Å²) in [7, 11) is 0. The summed E-state index contributed by atoms with van der Waals surface area (Å²) < 4.78 is 1.88. The lowest BCUT2D eigenvalue weighted by molar-refractivity contribution is -0.137. The number of amides is 2. The number of carbonyl (C=O) groups excluding carboxylic acids is 1. The Morgan fingerprint density at radius 3 is 2.75 bits per heavy atom. The smallest absolute Gasteiger partial charge is 0.317 e. The number of nitrogens with one attached hydrogen (secondary N) is 1. The maximum absolute atomic E-state index is 12.0. The standard InChI is InChI=1S/C13H22N4O3/c1-11(2)17(7-3-4-12(18)19)13(20)15-6-9-16-8-5-14-10-16/h5,8,10-11H,3-4,6-7,9H2,1-2H3,(H,15,20)(H,18,19). The Morgan fingerprint density at radius 2 is 2.20 bits per heavy atom. The zero-order chi connectivity index (χ0) is 15.0. The fraction of sp³-hybridized carbons (Fsp3) is 0.615. The van der Waals surface area contributed by atoms with Gasteiger partial charge >= 0.3 is 12.0 Å². The minimum atomic E-state index is -0.839. The number of nitrogens with zero attached hydrogens (tertiary/aromatic N) is 3. The highest BCUT2D eigenvalue weighted by molar-refractivity contribution is 5.74. The van der Waals surface area contributed by atoms with E-state index in [9.17, 15) is 9.59 Å². The number of hydrogen-bond acceptors (Lipinski definition) is 3. The molecule has 1 aromatic heterocycles. The molecule has 7 heteroatoms. The predicted octanol–water partition coefficient (Wildman–Crippen LogP) is 1.17. The third-order valence-corrected chi connectivity index (χ3v) is 2.88. The first-order chi connectivity index (χ1) is 9.50. The van der Waals surface area contributed by atoms with Crippen molar-refractivity contribution in [3.05, 3.63) is 18.7 Å². The lowest BCUT2D eigenvalue weighted by Crippen LogP contribution is -2.45. The van der Waals surface area contributed by atoms with E-state index in [4.69, 9.17) is 5.11 Å². The van der Waals surface area contributed by atoms with Gasteiger partial charge < -0.3 is 19.9 Å². The van der Waals surface area contributed by atoms with Crippen molar-refractivity contribution in [1.29, 1.82) is 0 Å². The molecule has 1 rings (SSSR count). The molecular formula is C13H22N4O3. The Balaban J connectivity index is 2.33. The van der Waals surface area contributed by atoms with Crippen LogP contribution < -0.4 is 5.32 Å². The lowest BCUT2D eigenvalue weighted by atomic mass is 10.2. The molecule has 7 nitrogen and oxygen atoms in total. The van der Waals surface area contributed by atoms with E-state index in [0.29, 0.717) is 26.1 Å². The van der Waals surface area contributed by atoms with Gasteiger partial charge in [0, 0.05) is 44.5 Å². The third-order valence-electron chi connectivity index (χ3n) is 2.88. The van der Waals surface area contributed by atoms with Crippen LogP contribution in [0.4, 0.5) is 4.79 Å². The molecule has 0 atom stereocenters. The van der Waals surface area contributed by atoms with Crippen LogP contribution in [0.5, 0.6) is 0 Å². The first-order valence-electron chi connectivity index (χ1n) is 6.72. The van der Waals surface area contributed by atoms with Crippen molar-refractivity contribution >= 4 is 12.0 Å². The molecule has 2 amide bonds. The molecule has 2 N–H and O–H groups in total. The molecule has 0 fully saturated rings. The summed E-state index contributed by atoms with van der Waals surface area (Å²) in [5.41, 5.74) is 0. The van der Waals surface area contributed by atoms with E-state index < -0.39 is 5.97 Å². The molecule has 20 heavy (non-hydrogen) atoms. The van der Waals surface area contributed by atoms with E-state index in [1.807, 2.05) is 24.6 Å². The minimum absolute atomic E-state index is 0.0389. The number of rotatable bonds is 8. The zero-order valence-electron chi connectivity index (χ0n) is 12.0. The molecule has 0 aromatic carbocycles. The summed E-state index contributed by atoms with van der Waals surface area (Å²) >= 11 is 0. The molecule has 0 unspecified atom stereocenters. The first kappa shape index (κ1) is 16.0. The Morgan fingerprint density at radius 1 is 1.45 bits per heavy atom. The number of carboxylic acid groups (broad SMARTS) is 1. The zero-order valence-corrected chi connectivity index (χ0v) is 12.0. The maximum Gasteiger partial charge on any atom is 0.317 e. The molecular weight excluding hydrogens is 260 g/mol. The number of carboxylic acids is 1. The van der Waals surface area contributed by atoms with Crippen LogP contribution in [-0.4, -0.2) is 50.7 Å². The van der Waals surface area contributed by atoms with Crippen molar-refractivity contribution in [2.75, 3.05) is 13.1 Å². The average Bonchev–Trinajstić information content (AvgIpc) is 2.86. The van der Waals surface area contributed by atoms with Crippen molar-refractivity contribution in [3.63, 3.8) is 0 Å². The van der Waals surface area contributed by atoms with Crippen LogP contribution in [0.25, 0.3) is 0 Å². The van der Waals surface area contributed by atoms with Gasteiger partial charge in [-0.25, -0.2) is 9.78 Å². The van der Waals surface area contributed by atoms with E-state index in [1.54, 1.807) is 17.4 Å². The van der Waals surface area contributed by atoms with Crippen molar-refractivity contribution in [1.82, 2.24) is 19.8 Å². The van der Waals surface area contributed by atoms with Gasteiger partial charge in [0.15, 0.2) is 0 Å². The average molecular weight is 282 g/mol. The molecule has 1 heterocycles. The summed E-state index contributed by atoms with van der Waals surface area (Å²) in [4.78, 5) is 28.1. The van der Waals surface area contributed by atoms with Crippen molar-refractivity contribution < 1.29 is 14.7 Å². The molecule has 0 spiro atoms. The van der Waals surface area contributed by atoms with Gasteiger partial charge in [0.25, 0.3) is 0 Å². The molecule has 0 aliphatic carbocycles. The van der Waals surface area contributed by atoms with Gasteiger partial charge in [0.2, 0.25) is 0 Å². The van der Waals surface area contributed by atoms with Crippen LogP contribution in [0.15, 0.2) is 18.7 Å². The number of urea groups is 1. The van der Waals surface area contributed by atoms with Crippen LogP contribution in [0.2, 0.25) is 0 Å². The largest absolute Gasteiger partial charge is 0.481 e. The Bertz CT molecular complexity index is 417. The van der Waals surface area contributed by atoms with Crippen molar-refractivity contribution in [2.45, 2.75) is 39.3 Å². The molecule has 0 saturated carbocycles. The van der Waals surface area contributed by atoms with Gasteiger partial charge in [0.1, 0.15) is 0 Å². The van der Waals surface area contributed by atoms with Gasteiger partial charge in [-0.2, -0.15) is 0 Å². The summed E-state index contributed by atoms with van der Waals surface area (Å²) in [5.74, 6) is -0.839. The number of carbonyl (C=O) groups is 2. The molecule has 0 aliphatic rings. The quantitative estimate of drug-likeness (QED) is 0.749. The molecule has 1 aromatic rings. The fourth-order valence-electron chi connectivity index (χ4n) is 1.81. The van der Waals surface area contributed by atoms with Crippen molar-refractivity contribution in [2.24, 2.45) is 0 Å².